The Hall–Kier alpha value is -0.930. The maximum atomic E-state index is 9.61. The van der Waals surface area contributed by atoms with Crippen molar-refractivity contribution in [3.8, 4) is 0 Å². The fourth-order valence-corrected chi connectivity index (χ4v) is 2.59. The van der Waals surface area contributed by atoms with E-state index in [-0.39, 0.29) is 6.10 Å². The Morgan fingerprint density at radius 1 is 1.53 bits per heavy atom. The molecule has 1 aromatic carbocycles. The zero-order valence-corrected chi connectivity index (χ0v) is 11.0. The molecule has 2 atom stereocenters. The molecule has 0 bridgehead atoms. The minimum absolute atomic E-state index is 0.246. The summed E-state index contributed by atoms with van der Waals surface area (Å²) in [5, 5.41) is 10.2. The number of aliphatic hydroxyl groups is 1. The Labute approximate surface area is 107 Å². The first-order chi connectivity index (χ1) is 7.99. The molecule has 0 radical (unpaired) electrons. The number of anilines is 2. The topological polar surface area (TPSA) is 49.5 Å². The fourth-order valence-electron chi connectivity index (χ4n) is 2.43. The van der Waals surface area contributed by atoms with Gasteiger partial charge in [-0.1, -0.05) is 11.6 Å². The number of halogens is 1. The van der Waals surface area contributed by atoms with Crippen LogP contribution in [0.3, 0.4) is 0 Å². The third-order valence-corrected chi connectivity index (χ3v) is 3.89. The Morgan fingerprint density at radius 3 is 2.82 bits per heavy atom. The molecule has 1 heterocycles. The molecule has 3 N–H and O–H groups in total. The number of benzene rings is 1. The molecule has 1 saturated heterocycles. The van der Waals surface area contributed by atoms with Gasteiger partial charge in [0, 0.05) is 24.7 Å². The number of nitrogen functional groups attached to an aromatic ring is 1. The van der Waals surface area contributed by atoms with Crippen LogP contribution in [0.1, 0.15) is 18.9 Å². The minimum atomic E-state index is -0.246. The van der Waals surface area contributed by atoms with E-state index < -0.39 is 0 Å². The SMILES string of the molecule is Cc1cc(N)c(Cl)cc1N1CCC(C(C)O)C1. The summed E-state index contributed by atoms with van der Waals surface area (Å²) in [5.74, 6) is 0.353. The molecule has 2 unspecified atom stereocenters. The quantitative estimate of drug-likeness (QED) is 0.797. The van der Waals surface area contributed by atoms with Crippen LogP contribution in [0, 0.1) is 12.8 Å². The zero-order chi connectivity index (χ0) is 12.6. The summed E-state index contributed by atoms with van der Waals surface area (Å²) in [5.41, 5.74) is 8.67. The molecular weight excluding hydrogens is 236 g/mol. The van der Waals surface area contributed by atoms with Gasteiger partial charge in [-0.3, -0.25) is 0 Å². The van der Waals surface area contributed by atoms with Crippen molar-refractivity contribution in [1.82, 2.24) is 0 Å². The fraction of sp³-hybridized carbons (Fsp3) is 0.538. The lowest BCUT2D eigenvalue weighted by Crippen LogP contribution is -2.24. The molecule has 2 rings (SSSR count). The van der Waals surface area contributed by atoms with E-state index in [2.05, 4.69) is 4.90 Å². The van der Waals surface area contributed by atoms with E-state index >= 15 is 0 Å². The molecule has 1 aliphatic rings. The van der Waals surface area contributed by atoms with Crippen LogP contribution in [-0.2, 0) is 0 Å². The van der Waals surface area contributed by atoms with Crippen LogP contribution in [-0.4, -0.2) is 24.3 Å². The second-order valence-electron chi connectivity index (χ2n) is 4.90. The van der Waals surface area contributed by atoms with Gasteiger partial charge >= 0.3 is 0 Å². The average Bonchev–Trinajstić information content (AvgIpc) is 2.72. The molecule has 1 aliphatic heterocycles. The number of nitrogens with two attached hydrogens (primary N) is 1. The molecule has 17 heavy (non-hydrogen) atoms. The maximum Gasteiger partial charge on any atom is 0.0656 e. The van der Waals surface area contributed by atoms with Gasteiger partial charge < -0.3 is 15.7 Å². The summed E-state index contributed by atoms with van der Waals surface area (Å²) < 4.78 is 0. The molecule has 0 spiro atoms. The van der Waals surface area contributed by atoms with Crippen LogP contribution < -0.4 is 10.6 Å². The van der Waals surface area contributed by atoms with Crippen molar-refractivity contribution >= 4 is 23.0 Å². The number of aliphatic hydroxyl groups excluding tert-OH is 1. The van der Waals surface area contributed by atoms with Crippen molar-refractivity contribution in [1.29, 1.82) is 0 Å². The first kappa shape index (κ1) is 12.5. The van der Waals surface area contributed by atoms with Gasteiger partial charge in [-0.05, 0) is 38.0 Å². The first-order valence-corrected chi connectivity index (χ1v) is 6.35. The average molecular weight is 255 g/mol. The van der Waals surface area contributed by atoms with Gasteiger partial charge in [-0.25, -0.2) is 0 Å². The van der Waals surface area contributed by atoms with Crippen LogP contribution in [0.5, 0.6) is 0 Å². The Balaban J connectivity index is 2.22. The van der Waals surface area contributed by atoms with E-state index in [1.807, 2.05) is 26.0 Å². The summed E-state index contributed by atoms with van der Waals surface area (Å²) in [7, 11) is 0. The van der Waals surface area contributed by atoms with E-state index in [1.165, 1.54) is 0 Å². The molecule has 0 aromatic heterocycles. The highest BCUT2D eigenvalue weighted by atomic mass is 35.5. The smallest absolute Gasteiger partial charge is 0.0656 e. The summed E-state index contributed by atoms with van der Waals surface area (Å²) >= 11 is 6.06. The van der Waals surface area contributed by atoms with Gasteiger partial charge in [0.2, 0.25) is 0 Å². The molecule has 0 amide bonds. The van der Waals surface area contributed by atoms with Crippen LogP contribution in [0.2, 0.25) is 5.02 Å². The molecule has 4 heteroatoms. The van der Waals surface area contributed by atoms with Crippen molar-refractivity contribution in [2.45, 2.75) is 26.4 Å². The van der Waals surface area contributed by atoms with E-state index in [1.54, 1.807) is 0 Å². The lowest BCUT2D eigenvalue weighted by atomic mass is 10.0. The number of hydrogen-bond acceptors (Lipinski definition) is 3. The van der Waals surface area contributed by atoms with E-state index in [9.17, 15) is 5.11 Å². The Morgan fingerprint density at radius 2 is 2.24 bits per heavy atom. The van der Waals surface area contributed by atoms with Crippen LogP contribution >= 0.6 is 11.6 Å². The Kier molecular flexibility index (Phi) is 3.50. The summed E-state index contributed by atoms with van der Waals surface area (Å²) in [6.45, 7) is 5.75. The standard InChI is InChI=1S/C13H19ClN2O/c1-8-5-12(15)11(14)6-13(8)16-4-3-10(7-16)9(2)17/h5-6,9-10,17H,3-4,7,15H2,1-2H3. The highest BCUT2D eigenvalue weighted by molar-refractivity contribution is 6.33. The summed E-state index contributed by atoms with van der Waals surface area (Å²) in [6, 6.07) is 3.84. The predicted octanol–water partition coefficient (Wildman–Crippen LogP) is 2.44. The third-order valence-electron chi connectivity index (χ3n) is 3.56. The molecule has 1 fully saturated rings. The first-order valence-electron chi connectivity index (χ1n) is 5.97. The second-order valence-corrected chi connectivity index (χ2v) is 5.30. The zero-order valence-electron chi connectivity index (χ0n) is 10.3. The van der Waals surface area contributed by atoms with Crippen molar-refractivity contribution in [3.63, 3.8) is 0 Å². The largest absolute Gasteiger partial charge is 0.398 e. The third kappa shape index (κ3) is 2.50. The van der Waals surface area contributed by atoms with Crippen molar-refractivity contribution in [3.05, 3.63) is 22.7 Å². The number of hydrogen-bond donors (Lipinski definition) is 2. The van der Waals surface area contributed by atoms with Crippen molar-refractivity contribution < 1.29 is 5.11 Å². The van der Waals surface area contributed by atoms with Gasteiger partial charge in [-0.15, -0.1) is 0 Å². The highest BCUT2D eigenvalue weighted by Gasteiger charge is 2.27. The van der Waals surface area contributed by atoms with Crippen LogP contribution in [0.15, 0.2) is 12.1 Å². The monoisotopic (exact) mass is 254 g/mol. The number of rotatable bonds is 2. The minimum Gasteiger partial charge on any atom is -0.398 e. The van der Waals surface area contributed by atoms with E-state index in [4.69, 9.17) is 17.3 Å². The van der Waals surface area contributed by atoms with Crippen molar-refractivity contribution in [2.24, 2.45) is 5.92 Å². The number of nitrogens with zero attached hydrogens (tertiary/aromatic N) is 1. The molecule has 3 nitrogen and oxygen atoms in total. The lowest BCUT2D eigenvalue weighted by molar-refractivity contribution is 0.136. The van der Waals surface area contributed by atoms with Gasteiger partial charge in [-0.2, -0.15) is 0 Å². The van der Waals surface area contributed by atoms with E-state index in [0.717, 1.165) is 30.8 Å². The maximum absolute atomic E-state index is 9.61. The van der Waals surface area contributed by atoms with Gasteiger partial charge in [0.15, 0.2) is 0 Å². The summed E-state index contributed by atoms with van der Waals surface area (Å²) in [4.78, 5) is 2.28. The lowest BCUT2D eigenvalue weighted by Gasteiger charge is -2.22. The van der Waals surface area contributed by atoms with Crippen molar-refractivity contribution in [2.75, 3.05) is 23.7 Å². The van der Waals surface area contributed by atoms with Crippen LogP contribution in [0.4, 0.5) is 11.4 Å². The Bertz CT molecular complexity index is 420. The molecule has 1 aromatic rings. The van der Waals surface area contributed by atoms with Crippen LogP contribution in [0.25, 0.3) is 0 Å². The molecule has 94 valence electrons. The van der Waals surface area contributed by atoms with Gasteiger partial charge in [0.25, 0.3) is 0 Å². The summed E-state index contributed by atoms with van der Waals surface area (Å²) in [6.07, 6.45) is 0.781. The molecule has 0 aliphatic carbocycles. The number of aryl methyl sites for hydroxylation is 1. The van der Waals surface area contributed by atoms with Gasteiger partial charge in [0.1, 0.15) is 0 Å². The molecule has 0 saturated carbocycles. The van der Waals surface area contributed by atoms with Gasteiger partial charge in [0.05, 0.1) is 16.8 Å². The highest BCUT2D eigenvalue weighted by Crippen LogP contribution is 2.33. The predicted molar refractivity (Wildman–Crippen MR) is 72.6 cm³/mol. The molecular formula is C13H19ClN2O. The van der Waals surface area contributed by atoms with E-state index in [0.29, 0.717) is 16.6 Å². The second kappa shape index (κ2) is 4.75. The normalized spacial score (nSPS) is 21.9.